The molecule has 0 unspecified atom stereocenters. The fourth-order valence-corrected chi connectivity index (χ4v) is 1.06. The predicted molar refractivity (Wildman–Crippen MR) is 56.3 cm³/mol. The van der Waals surface area contributed by atoms with E-state index in [-0.39, 0.29) is 6.61 Å². The summed E-state index contributed by atoms with van der Waals surface area (Å²) in [5.41, 5.74) is 1.03. The lowest BCUT2D eigenvalue weighted by atomic mass is 10.1. The van der Waals surface area contributed by atoms with E-state index in [1.54, 1.807) is 6.20 Å². The monoisotopic (exact) mass is 195 g/mol. The molecular weight excluding hydrogens is 178 g/mol. The summed E-state index contributed by atoms with van der Waals surface area (Å²) in [6.45, 7) is 5.09. The molecule has 0 atom stereocenters. The molecule has 0 bridgehead atoms. The van der Waals surface area contributed by atoms with Gasteiger partial charge in [0, 0.05) is 25.0 Å². The Bertz CT molecular complexity index is 276. The molecule has 1 aromatic rings. The first-order valence-electron chi connectivity index (χ1n) is 4.91. The van der Waals surface area contributed by atoms with Crippen LogP contribution in [0.5, 0.6) is 0 Å². The third-order valence-electron chi connectivity index (χ3n) is 1.89. The highest BCUT2D eigenvalue weighted by molar-refractivity contribution is 5.25. The SMILES string of the molecule is CC(C)c1ccnc(NCCCO)n1. The Balaban J connectivity index is 2.55. The smallest absolute Gasteiger partial charge is 0.222 e. The zero-order valence-corrected chi connectivity index (χ0v) is 8.70. The van der Waals surface area contributed by atoms with Crippen molar-refractivity contribution in [3.8, 4) is 0 Å². The Labute approximate surface area is 84.4 Å². The van der Waals surface area contributed by atoms with Crippen LogP contribution in [0, 0.1) is 0 Å². The number of anilines is 1. The Morgan fingerprint density at radius 3 is 2.93 bits per heavy atom. The predicted octanol–water partition coefficient (Wildman–Crippen LogP) is 1.39. The molecular formula is C10H17N3O. The summed E-state index contributed by atoms with van der Waals surface area (Å²) in [5, 5.41) is 11.7. The molecule has 4 heteroatoms. The molecule has 14 heavy (non-hydrogen) atoms. The quantitative estimate of drug-likeness (QED) is 0.697. The number of hydrogen-bond acceptors (Lipinski definition) is 4. The van der Waals surface area contributed by atoms with Gasteiger partial charge in [-0.15, -0.1) is 0 Å². The van der Waals surface area contributed by atoms with E-state index in [2.05, 4.69) is 29.1 Å². The van der Waals surface area contributed by atoms with Gasteiger partial charge in [-0.25, -0.2) is 9.97 Å². The number of rotatable bonds is 5. The average molecular weight is 195 g/mol. The van der Waals surface area contributed by atoms with Crippen molar-refractivity contribution in [2.24, 2.45) is 0 Å². The summed E-state index contributed by atoms with van der Waals surface area (Å²) in [7, 11) is 0. The van der Waals surface area contributed by atoms with Crippen molar-refractivity contribution in [2.75, 3.05) is 18.5 Å². The van der Waals surface area contributed by atoms with E-state index < -0.39 is 0 Å². The molecule has 0 saturated carbocycles. The zero-order valence-electron chi connectivity index (χ0n) is 8.70. The average Bonchev–Trinajstić information content (AvgIpc) is 2.19. The largest absolute Gasteiger partial charge is 0.396 e. The van der Waals surface area contributed by atoms with Gasteiger partial charge in [0.15, 0.2) is 0 Å². The molecule has 0 aliphatic carbocycles. The van der Waals surface area contributed by atoms with Crippen molar-refractivity contribution in [3.63, 3.8) is 0 Å². The maximum absolute atomic E-state index is 8.61. The van der Waals surface area contributed by atoms with E-state index in [1.165, 1.54) is 0 Å². The van der Waals surface area contributed by atoms with Crippen molar-refractivity contribution < 1.29 is 5.11 Å². The Morgan fingerprint density at radius 2 is 2.29 bits per heavy atom. The second-order valence-electron chi connectivity index (χ2n) is 3.46. The molecule has 0 aliphatic heterocycles. The Morgan fingerprint density at radius 1 is 1.50 bits per heavy atom. The Kier molecular flexibility index (Phi) is 4.32. The molecule has 0 amide bonds. The third kappa shape index (κ3) is 3.30. The molecule has 2 N–H and O–H groups in total. The van der Waals surface area contributed by atoms with Crippen LogP contribution in [0.1, 0.15) is 31.9 Å². The number of nitrogens with zero attached hydrogens (tertiary/aromatic N) is 2. The summed E-state index contributed by atoms with van der Waals surface area (Å²) in [4.78, 5) is 8.43. The van der Waals surface area contributed by atoms with Crippen LogP contribution in [0.15, 0.2) is 12.3 Å². The summed E-state index contributed by atoms with van der Waals surface area (Å²) in [6, 6.07) is 1.92. The van der Waals surface area contributed by atoms with E-state index in [1.807, 2.05) is 6.07 Å². The minimum atomic E-state index is 0.191. The van der Waals surface area contributed by atoms with Crippen molar-refractivity contribution >= 4 is 5.95 Å². The van der Waals surface area contributed by atoms with Crippen molar-refractivity contribution in [1.82, 2.24) is 9.97 Å². The van der Waals surface area contributed by atoms with Gasteiger partial charge in [0.1, 0.15) is 0 Å². The number of nitrogens with one attached hydrogen (secondary N) is 1. The zero-order chi connectivity index (χ0) is 10.4. The van der Waals surface area contributed by atoms with E-state index in [0.717, 1.165) is 12.1 Å². The van der Waals surface area contributed by atoms with Gasteiger partial charge in [-0.2, -0.15) is 0 Å². The molecule has 0 radical (unpaired) electrons. The standard InChI is InChI=1S/C10H17N3O/c1-8(2)9-4-6-12-10(13-9)11-5-3-7-14/h4,6,8,14H,3,5,7H2,1-2H3,(H,11,12,13). The van der Waals surface area contributed by atoms with Crippen LogP contribution in [0.2, 0.25) is 0 Å². The first kappa shape index (κ1) is 10.9. The van der Waals surface area contributed by atoms with Crippen LogP contribution in [0.4, 0.5) is 5.95 Å². The summed E-state index contributed by atoms with van der Waals surface area (Å²) >= 11 is 0. The maximum Gasteiger partial charge on any atom is 0.222 e. The first-order valence-corrected chi connectivity index (χ1v) is 4.91. The summed E-state index contributed by atoms with van der Waals surface area (Å²) in [6.07, 6.45) is 2.47. The van der Waals surface area contributed by atoms with Gasteiger partial charge in [-0.1, -0.05) is 13.8 Å². The highest BCUT2D eigenvalue weighted by atomic mass is 16.3. The maximum atomic E-state index is 8.61. The van der Waals surface area contributed by atoms with Gasteiger partial charge in [0.05, 0.1) is 0 Å². The highest BCUT2D eigenvalue weighted by Gasteiger charge is 2.01. The molecule has 1 heterocycles. The van der Waals surface area contributed by atoms with E-state index in [0.29, 0.717) is 18.4 Å². The fraction of sp³-hybridized carbons (Fsp3) is 0.600. The number of aliphatic hydroxyl groups excluding tert-OH is 1. The molecule has 1 rings (SSSR count). The van der Waals surface area contributed by atoms with Crippen LogP contribution in [0.3, 0.4) is 0 Å². The molecule has 0 aliphatic rings. The Hall–Kier alpha value is -1.16. The van der Waals surface area contributed by atoms with Crippen molar-refractivity contribution in [1.29, 1.82) is 0 Å². The lowest BCUT2D eigenvalue weighted by Crippen LogP contribution is -2.08. The van der Waals surface area contributed by atoms with Crippen LogP contribution >= 0.6 is 0 Å². The molecule has 0 aromatic carbocycles. The number of aromatic nitrogens is 2. The molecule has 0 spiro atoms. The van der Waals surface area contributed by atoms with Gasteiger partial charge in [0.25, 0.3) is 0 Å². The molecule has 4 nitrogen and oxygen atoms in total. The molecule has 1 aromatic heterocycles. The van der Waals surface area contributed by atoms with Gasteiger partial charge < -0.3 is 10.4 Å². The van der Waals surface area contributed by atoms with Gasteiger partial charge in [-0.05, 0) is 18.4 Å². The molecule has 78 valence electrons. The highest BCUT2D eigenvalue weighted by Crippen LogP contribution is 2.11. The van der Waals surface area contributed by atoms with Gasteiger partial charge >= 0.3 is 0 Å². The number of hydrogen-bond donors (Lipinski definition) is 2. The summed E-state index contributed by atoms with van der Waals surface area (Å²) in [5.74, 6) is 1.06. The van der Waals surface area contributed by atoms with E-state index in [4.69, 9.17) is 5.11 Å². The second-order valence-corrected chi connectivity index (χ2v) is 3.46. The van der Waals surface area contributed by atoms with Crippen molar-refractivity contribution in [2.45, 2.75) is 26.2 Å². The first-order chi connectivity index (χ1) is 6.74. The third-order valence-corrected chi connectivity index (χ3v) is 1.89. The van der Waals surface area contributed by atoms with E-state index >= 15 is 0 Å². The second kappa shape index (κ2) is 5.54. The van der Waals surface area contributed by atoms with Gasteiger partial charge in [-0.3, -0.25) is 0 Å². The topological polar surface area (TPSA) is 58.0 Å². The minimum absolute atomic E-state index is 0.191. The number of aliphatic hydroxyl groups is 1. The minimum Gasteiger partial charge on any atom is -0.396 e. The molecule has 0 fully saturated rings. The fourth-order valence-electron chi connectivity index (χ4n) is 1.06. The van der Waals surface area contributed by atoms with E-state index in [9.17, 15) is 0 Å². The van der Waals surface area contributed by atoms with Crippen molar-refractivity contribution in [3.05, 3.63) is 18.0 Å². The normalized spacial score (nSPS) is 10.6. The van der Waals surface area contributed by atoms with Crippen LogP contribution < -0.4 is 5.32 Å². The summed E-state index contributed by atoms with van der Waals surface area (Å²) < 4.78 is 0. The van der Waals surface area contributed by atoms with Crippen LogP contribution in [-0.2, 0) is 0 Å². The van der Waals surface area contributed by atoms with Crippen LogP contribution in [-0.4, -0.2) is 28.2 Å². The lowest BCUT2D eigenvalue weighted by molar-refractivity contribution is 0.292. The van der Waals surface area contributed by atoms with Crippen LogP contribution in [0.25, 0.3) is 0 Å². The molecule has 0 saturated heterocycles. The van der Waals surface area contributed by atoms with Gasteiger partial charge in [0.2, 0.25) is 5.95 Å². The lowest BCUT2D eigenvalue weighted by Gasteiger charge is -2.07.